The Balaban J connectivity index is 2.59. The Bertz CT molecular complexity index is 819. The standard InChI is InChI=1S/C14H6Cl2N2/c15-11-5-9-10(7-17)8-3-1-2-4-13(8)18-14(9)6-12(11)16/h1-6H. The second-order valence-corrected chi connectivity index (χ2v) is 4.71. The monoisotopic (exact) mass is 272 g/mol. The fraction of sp³-hybridized carbons (Fsp3) is 0. The summed E-state index contributed by atoms with van der Waals surface area (Å²) in [6.45, 7) is 0. The summed E-state index contributed by atoms with van der Waals surface area (Å²) in [6, 6.07) is 13.1. The quantitative estimate of drug-likeness (QED) is 0.563. The first-order valence-electron chi connectivity index (χ1n) is 5.28. The van der Waals surface area contributed by atoms with Gasteiger partial charge in [-0.1, -0.05) is 41.4 Å². The van der Waals surface area contributed by atoms with Crippen LogP contribution in [-0.2, 0) is 0 Å². The third-order valence-electron chi connectivity index (χ3n) is 2.83. The second kappa shape index (κ2) is 4.13. The number of hydrogen-bond donors (Lipinski definition) is 0. The topological polar surface area (TPSA) is 36.7 Å². The zero-order chi connectivity index (χ0) is 12.7. The first kappa shape index (κ1) is 11.3. The van der Waals surface area contributed by atoms with Crippen LogP contribution >= 0.6 is 23.2 Å². The molecule has 0 saturated heterocycles. The number of nitriles is 1. The Hall–Kier alpha value is -1.82. The zero-order valence-electron chi connectivity index (χ0n) is 9.11. The van der Waals surface area contributed by atoms with E-state index in [1.807, 2.05) is 24.3 Å². The molecular formula is C14H6Cl2N2. The molecule has 3 rings (SSSR count). The summed E-state index contributed by atoms with van der Waals surface area (Å²) in [5.41, 5.74) is 2.04. The minimum absolute atomic E-state index is 0.428. The van der Waals surface area contributed by atoms with E-state index in [0.717, 1.165) is 16.3 Å². The summed E-state index contributed by atoms with van der Waals surface area (Å²) in [6.07, 6.45) is 0. The van der Waals surface area contributed by atoms with E-state index in [2.05, 4.69) is 11.1 Å². The minimum Gasteiger partial charge on any atom is -0.248 e. The lowest BCUT2D eigenvalue weighted by Gasteiger charge is -2.06. The Kier molecular flexibility index (Phi) is 2.59. The van der Waals surface area contributed by atoms with Gasteiger partial charge in [0.05, 0.1) is 26.6 Å². The lowest BCUT2D eigenvalue weighted by molar-refractivity contribution is 1.47. The van der Waals surface area contributed by atoms with Crippen molar-refractivity contribution in [2.45, 2.75) is 0 Å². The van der Waals surface area contributed by atoms with Gasteiger partial charge in [0, 0.05) is 10.8 Å². The van der Waals surface area contributed by atoms with Gasteiger partial charge in [-0.05, 0) is 18.2 Å². The molecule has 0 bridgehead atoms. The van der Waals surface area contributed by atoms with E-state index < -0.39 is 0 Å². The summed E-state index contributed by atoms with van der Waals surface area (Å²) in [7, 11) is 0. The number of halogens is 2. The van der Waals surface area contributed by atoms with Gasteiger partial charge >= 0.3 is 0 Å². The van der Waals surface area contributed by atoms with Gasteiger partial charge in [0.25, 0.3) is 0 Å². The summed E-state index contributed by atoms with van der Waals surface area (Å²) in [4.78, 5) is 4.49. The molecule has 0 aliphatic heterocycles. The molecule has 0 fully saturated rings. The second-order valence-electron chi connectivity index (χ2n) is 3.90. The van der Waals surface area contributed by atoms with Gasteiger partial charge in [-0.15, -0.1) is 0 Å². The Morgan fingerprint density at radius 1 is 0.944 bits per heavy atom. The Morgan fingerprint density at radius 2 is 1.67 bits per heavy atom. The lowest BCUT2D eigenvalue weighted by atomic mass is 10.0. The van der Waals surface area contributed by atoms with Crippen LogP contribution < -0.4 is 0 Å². The number of benzene rings is 2. The fourth-order valence-electron chi connectivity index (χ4n) is 2.01. The number of rotatable bonds is 0. The van der Waals surface area contributed by atoms with Crippen molar-refractivity contribution in [3.05, 3.63) is 52.0 Å². The molecule has 2 aromatic carbocycles. The molecule has 86 valence electrons. The maximum absolute atomic E-state index is 9.34. The summed E-state index contributed by atoms with van der Waals surface area (Å²) in [5.74, 6) is 0. The number of pyridine rings is 1. The van der Waals surface area contributed by atoms with Gasteiger partial charge in [0.15, 0.2) is 0 Å². The number of hydrogen-bond acceptors (Lipinski definition) is 2. The minimum atomic E-state index is 0.428. The van der Waals surface area contributed by atoms with E-state index >= 15 is 0 Å². The molecule has 1 aromatic heterocycles. The molecule has 0 aliphatic rings. The van der Waals surface area contributed by atoms with Crippen molar-refractivity contribution >= 4 is 45.0 Å². The van der Waals surface area contributed by atoms with E-state index in [1.54, 1.807) is 12.1 Å². The highest BCUT2D eigenvalue weighted by Gasteiger charge is 2.10. The van der Waals surface area contributed by atoms with Gasteiger partial charge in [-0.3, -0.25) is 0 Å². The largest absolute Gasteiger partial charge is 0.248 e. The van der Waals surface area contributed by atoms with E-state index in [9.17, 15) is 5.26 Å². The van der Waals surface area contributed by atoms with Crippen LogP contribution in [-0.4, -0.2) is 4.98 Å². The van der Waals surface area contributed by atoms with E-state index in [-0.39, 0.29) is 0 Å². The van der Waals surface area contributed by atoms with Gasteiger partial charge < -0.3 is 0 Å². The molecule has 0 aliphatic carbocycles. The lowest BCUT2D eigenvalue weighted by Crippen LogP contribution is -1.88. The molecule has 0 radical (unpaired) electrons. The van der Waals surface area contributed by atoms with E-state index in [0.29, 0.717) is 21.1 Å². The van der Waals surface area contributed by atoms with Crippen molar-refractivity contribution in [3.8, 4) is 6.07 Å². The number of fused-ring (bicyclic) bond motifs is 2. The normalized spacial score (nSPS) is 10.7. The van der Waals surface area contributed by atoms with Crippen molar-refractivity contribution < 1.29 is 0 Å². The van der Waals surface area contributed by atoms with Crippen LogP contribution in [0.25, 0.3) is 21.8 Å². The molecule has 1 heterocycles. The van der Waals surface area contributed by atoms with Crippen LogP contribution in [0.2, 0.25) is 10.0 Å². The predicted octanol–water partition coefficient (Wildman–Crippen LogP) is 4.57. The molecule has 0 spiro atoms. The van der Waals surface area contributed by atoms with Crippen LogP contribution in [0, 0.1) is 11.3 Å². The maximum Gasteiger partial charge on any atom is 0.101 e. The van der Waals surface area contributed by atoms with Crippen LogP contribution in [0.3, 0.4) is 0 Å². The van der Waals surface area contributed by atoms with Crippen molar-refractivity contribution in [3.63, 3.8) is 0 Å². The summed E-state index contributed by atoms with van der Waals surface area (Å²) >= 11 is 12.0. The number of nitrogens with zero attached hydrogens (tertiary/aromatic N) is 2. The first-order valence-corrected chi connectivity index (χ1v) is 6.04. The summed E-state index contributed by atoms with van der Waals surface area (Å²) in [5, 5.41) is 11.8. The zero-order valence-corrected chi connectivity index (χ0v) is 10.6. The fourth-order valence-corrected chi connectivity index (χ4v) is 2.33. The SMILES string of the molecule is N#Cc1c2ccccc2nc2cc(Cl)c(Cl)cc12. The maximum atomic E-state index is 9.34. The average Bonchev–Trinajstić information content (AvgIpc) is 2.38. The Labute approximate surface area is 113 Å². The molecule has 0 N–H and O–H groups in total. The van der Waals surface area contributed by atoms with Gasteiger partial charge in [-0.2, -0.15) is 5.26 Å². The molecule has 3 aromatic rings. The Morgan fingerprint density at radius 3 is 2.44 bits per heavy atom. The van der Waals surface area contributed by atoms with Crippen LogP contribution in [0.5, 0.6) is 0 Å². The van der Waals surface area contributed by atoms with Gasteiger partial charge in [0.1, 0.15) is 6.07 Å². The molecular weight excluding hydrogens is 267 g/mol. The van der Waals surface area contributed by atoms with Crippen molar-refractivity contribution in [1.82, 2.24) is 4.98 Å². The molecule has 0 saturated carbocycles. The predicted molar refractivity (Wildman–Crippen MR) is 74.0 cm³/mol. The highest BCUT2D eigenvalue weighted by Crippen LogP contribution is 2.31. The number of para-hydroxylation sites is 1. The molecule has 18 heavy (non-hydrogen) atoms. The molecule has 4 heteroatoms. The highest BCUT2D eigenvalue weighted by atomic mass is 35.5. The first-order chi connectivity index (χ1) is 8.70. The van der Waals surface area contributed by atoms with Gasteiger partial charge in [0.2, 0.25) is 0 Å². The van der Waals surface area contributed by atoms with Crippen molar-refractivity contribution in [1.29, 1.82) is 5.26 Å². The van der Waals surface area contributed by atoms with E-state index in [4.69, 9.17) is 23.2 Å². The average molecular weight is 273 g/mol. The van der Waals surface area contributed by atoms with Crippen LogP contribution in [0.15, 0.2) is 36.4 Å². The molecule has 2 nitrogen and oxygen atoms in total. The molecule has 0 atom stereocenters. The van der Waals surface area contributed by atoms with Gasteiger partial charge in [-0.25, -0.2) is 4.98 Å². The third-order valence-corrected chi connectivity index (χ3v) is 3.56. The highest BCUT2D eigenvalue weighted by molar-refractivity contribution is 6.42. The third kappa shape index (κ3) is 1.60. The molecule has 0 amide bonds. The van der Waals surface area contributed by atoms with Crippen molar-refractivity contribution in [2.24, 2.45) is 0 Å². The van der Waals surface area contributed by atoms with Crippen LogP contribution in [0.4, 0.5) is 0 Å². The smallest absolute Gasteiger partial charge is 0.101 e. The summed E-state index contributed by atoms with van der Waals surface area (Å²) < 4.78 is 0. The molecule has 0 unspecified atom stereocenters. The van der Waals surface area contributed by atoms with Crippen LogP contribution in [0.1, 0.15) is 5.56 Å². The number of aromatic nitrogens is 1. The van der Waals surface area contributed by atoms with E-state index in [1.165, 1.54) is 0 Å². The van der Waals surface area contributed by atoms with Crippen molar-refractivity contribution in [2.75, 3.05) is 0 Å².